The topological polar surface area (TPSA) is 35.8 Å². The normalized spacial score (nSPS) is 8.92. The zero-order valence-electron chi connectivity index (χ0n) is 7.05. The molecule has 0 saturated carbocycles. The van der Waals surface area contributed by atoms with Crippen LogP contribution >= 0.6 is 15.9 Å². The number of hydrogen-bond donors (Lipinski definition) is 1. The summed E-state index contributed by atoms with van der Waals surface area (Å²) >= 11 is 3.33. The van der Waals surface area contributed by atoms with Crippen molar-refractivity contribution >= 4 is 21.6 Å². The quantitative estimate of drug-likeness (QED) is 0.820. The van der Waals surface area contributed by atoms with Gasteiger partial charge in [-0.25, -0.2) is 0 Å². The Hall–Kier alpha value is -1.27. The number of hydrogen-bond acceptors (Lipinski definition) is 2. The Morgan fingerprint density at radius 1 is 1.54 bits per heavy atom. The van der Waals surface area contributed by atoms with Gasteiger partial charge in [-0.15, -0.1) is 6.58 Å². The summed E-state index contributed by atoms with van der Waals surface area (Å²) in [5, 5.41) is 11.8. The average Bonchev–Trinajstić information content (AvgIpc) is 2.14. The summed E-state index contributed by atoms with van der Waals surface area (Å²) in [6.45, 7) is 4.30. The van der Waals surface area contributed by atoms with Crippen LogP contribution in [0, 0.1) is 11.3 Å². The maximum absolute atomic E-state index is 8.69. The number of rotatable bonds is 3. The van der Waals surface area contributed by atoms with Crippen LogP contribution in [0.25, 0.3) is 0 Å². The van der Waals surface area contributed by atoms with Gasteiger partial charge in [-0.05, 0) is 18.2 Å². The van der Waals surface area contributed by atoms with Crippen LogP contribution in [-0.2, 0) is 0 Å². The van der Waals surface area contributed by atoms with Crippen molar-refractivity contribution in [3.8, 4) is 6.07 Å². The molecule has 13 heavy (non-hydrogen) atoms. The number of halogens is 1. The number of nitrogens with zero attached hydrogens (tertiary/aromatic N) is 1. The predicted molar refractivity (Wildman–Crippen MR) is 57.5 cm³/mol. The number of anilines is 1. The minimum absolute atomic E-state index is 0.640. The van der Waals surface area contributed by atoms with Crippen molar-refractivity contribution in [2.24, 2.45) is 0 Å². The smallest absolute Gasteiger partial charge is 0.0992 e. The van der Waals surface area contributed by atoms with Gasteiger partial charge in [0.1, 0.15) is 0 Å². The lowest BCUT2D eigenvalue weighted by atomic mass is 10.2. The summed E-state index contributed by atoms with van der Waals surface area (Å²) in [6.07, 6.45) is 1.77. The fraction of sp³-hybridized carbons (Fsp3) is 0.100. The highest BCUT2D eigenvalue weighted by molar-refractivity contribution is 9.10. The third-order valence-corrected chi connectivity index (χ3v) is 1.94. The molecule has 0 saturated heterocycles. The summed E-state index contributed by atoms with van der Waals surface area (Å²) < 4.78 is 0.901. The van der Waals surface area contributed by atoms with Crippen LogP contribution in [0.5, 0.6) is 0 Å². The van der Waals surface area contributed by atoms with Gasteiger partial charge < -0.3 is 5.32 Å². The van der Waals surface area contributed by atoms with E-state index >= 15 is 0 Å². The minimum atomic E-state index is 0.640. The zero-order valence-corrected chi connectivity index (χ0v) is 8.63. The molecule has 66 valence electrons. The van der Waals surface area contributed by atoms with Crippen LogP contribution in [0.15, 0.2) is 35.3 Å². The van der Waals surface area contributed by atoms with Crippen LogP contribution in [0.4, 0.5) is 5.69 Å². The first-order chi connectivity index (χ1) is 6.26. The van der Waals surface area contributed by atoms with Crippen LogP contribution in [0.2, 0.25) is 0 Å². The second kappa shape index (κ2) is 4.68. The molecule has 0 aliphatic rings. The third-order valence-electron chi connectivity index (χ3n) is 1.48. The highest BCUT2D eigenvalue weighted by atomic mass is 79.9. The van der Waals surface area contributed by atoms with E-state index in [2.05, 4.69) is 33.9 Å². The largest absolute Gasteiger partial charge is 0.382 e. The fourth-order valence-corrected chi connectivity index (χ4v) is 1.44. The molecular weight excluding hydrogens is 228 g/mol. The van der Waals surface area contributed by atoms with Crippen molar-refractivity contribution in [2.75, 3.05) is 11.9 Å². The first kappa shape index (κ1) is 9.82. The van der Waals surface area contributed by atoms with Gasteiger partial charge in [-0.2, -0.15) is 5.26 Å². The van der Waals surface area contributed by atoms with E-state index in [9.17, 15) is 0 Å². The van der Waals surface area contributed by atoms with Crippen molar-refractivity contribution in [1.82, 2.24) is 0 Å². The molecule has 1 aromatic rings. The second-order valence-corrected chi connectivity index (χ2v) is 3.43. The summed E-state index contributed by atoms with van der Waals surface area (Å²) in [4.78, 5) is 0. The number of nitrogens with one attached hydrogen (secondary N) is 1. The Morgan fingerprint density at radius 2 is 2.31 bits per heavy atom. The Balaban J connectivity index is 2.89. The van der Waals surface area contributed by atoms with Crippen molar-refractivity contribution in [1.29, 1.82) is 5.26 Å². The standard InChI is InChI=1S/C10H9BrN2/c1-2-3-13-10-5-8(7-12)4-9(11)6-10/h2,4-6,13H,1,3H2. The Labute approximate surface area is 86.0 Å². The summed E-state index contributed by atoms with van der Waals surface area (Å²) in [5.41, 5.74) is 1.56. The van der Waals surface area contributed by atoms with Crippen LogP contribution in [0.1, 0.15) is 5.56 Å². The van der Waals surface area contributed by atoms with Gasteiger partial charge in [0, 0.05) is 16.7 Å². The van der Waals surface area contributed by atoms with Crippen molar-refractivity contribution in [3.63, 3.8) is 0 Å². The van der Waals surface area contributed by atoms with E-state index in [0.29, 0.717) is 12.1 Å². The van der Waals surface area contributed by atoms with E-state index < -0.39 is 0 Å². The lowest BCUT2D eigenvalue weighted by molar-refractivity contribution is 1.33. The van der Waals surface area contributed by atoms with Crippen LogP contribution in [0.3, 0.4) is 0 Å². The molecule has 1 N–H and O–H groups in total. The molecule has 0 bridgehead atoms. The number of benzene rings is 1. The molecule has 0 fully saturated rings. The molecule has 0 aliphatic heterocycles. The van der Waals surface area contributed by atoms with Gasteiger partial charge in [0.25, 0.3) is 0 Å². The Kier molecular flexibility index (Phi) is 3.53. The molecule has 0 unspecified atom stereocenters. The van der Waals surface area contributed by atoms with Gasteiger partial charge in [0.05, 0.1) is 11.6 Å². The maximum atomic E-state index is 8.69. The Bertz CT molecular complexity index is 352. The predicted octanol–water partition coefficient (Wildman–Crippen LogP) is 2.92. The van der Waals surface area contributed by atoms with Crippen molar-refractivity contribution in [3.05, 3.63) is 40.9 Å². The molecular formula is C10H9BrN2. The van der Waals surface area contributed by atoms with Crippen molar-refractivity contribution in [2.45, 2.75) is 0 Å². The molecule has 1 aromatic carbocycles. The summed E-state index contributed by atoms with van der Waals surface area (Å²) in [5.74, 6) is 0. The fourth-order valence-electron chi connectivity index (χ4n) is 0.946. The molecule has 0 aromatic heterocycles. The molecule has 0 heterocycles. The van der Waals surface area contributed by atoms with E-state index in [-0.39, 0.29) is 0 Å². The van der Waals surface area contributed by atoms with Gasteiger partial charge in [0.2, 0.25) is 0 Å². The average molecular weight is 237 g/mol. The van der Waals surface area contributed by atoms with Crippen LogP contribution in [-0.4, -0.2) is 6.54 Å². The highest BCUT2D eigenvalue weighted by Gasteiger charge is 1.96. The monoisotopic (exact) mass is 236 g/mol. The minimum Gasteiger partial charge on any atom is -0.382 e. The third kappa shape index (κ3) is 2.92. The molecule has 0 spiro atoms. The summed E-state index contributed by atoms with van der Waals surface area (Å²) in [7, 11) is 0. The molecule has 0 amide bonds. The molecule has 2 nitrogen and oxygen atoms in total. The number of nitriles is 1. The molecule has 0 aliphatic carbocycles. The molecule has 0 atom stereocenters. The van der Waals surface area contributed by atoms with Crippen molar-refractivity contribution < 1.29 is 0 Å². The molecule has 0 radical (unpaired) electrons. The van der Waals surface area contributed by atoms with Gasteiger partial charge in [-0.3, -0.25) is 0 Å². The SMILES string of the molecule is C=CCNc1cc(Br)cc(C#N)c1. The zero-order chi connectivity index (χ0) is 9.68. The van der Waals surface area contributed by atoms with Gasteiger partial charge >= 0.3 is 0 Å². The van der Waals surface area contributed by atoms with E-state index in [4.69, 9.17) is 5.26 Å². The Morgan fingerprint density at radius 3 is 2.92 bits per heavy atom. The van der Waals surface area contributed by atoms with E-state index in [0.717, 1.165) is 10.2 Å². The van der Waals surface area contributed by atoms with E-state index in [1.54, 1.807) is 18.2 Å². The summed E-state index contributed by atoms with van der Waals surface area (Å²) in [6, 6.07) is 7.59. The van der Waals surface area contributed by atoms with Crippen LogP contribution < -0.4 is 5.32 Å². The lowest BCUT2D eigenvalue weighted by Gasteiger charge is -2.03. The first-order valence-corrected chi connectivity index (χ1v) is 4.61. The molecule has 3 heteroatoms. The first-order valence-electron chi connectivity index (χ1n) is 3.81. The lowest BCUT2D eigenvalue weighted by Crippen LogP contribution is -1.97. The van der Waals surface area contributed by atoms with Gasteiger partial charge in [-0.1, -0.05) is 22.0 Å². The maximum Gasteiger partial charge on any atom is 0.0992 e. The second-order valence-electron chi connectivity index (χ2n) is 2.51. The van der Waals surface area contributed by atoms with E-state index in [1.807, 2.05) is 6.07 Å². The van der Waals surface area contributed by atoms with Gasteiger partial charge in [0.15, 0.2) is 0 Å². The highest BCUT2D eigenvalue weighted by Crippen LogP contribution is 2.18. The molecule has 1 rings (SSSR count). The van der Waals surface area contributed by atoms with E-state index in [1.165, 1.54) is 0 Å².